The fraction of sp³-hybridized carbons (Fsp3) is 0.409. The number of halogens is 1. The highest BCUT2D eigenvalue weighted by Gasteiger charge is 2.31. The number of benzene rings is 2. The number of sulfonamides is 1. The maximum absolute atomic E-state index is 12.8. The van der Waals surface area contributed by atoms with Gasteiger partial charge in [-0.3, -0.25) is 9.10 Å². The number of amides is 1. The van der Waals surface area contributed by atoms with E-state index in [0.717, 1.165) is 22.9 Å². The average Bonchev–Trinajstić information content (AvgIpc) is 2.63. The van der Waals surface area contributed by atoms with Crippen LogP contribution in [0.3, 0.4) is 0 Å². The molecule has 8 heteroatoms. The molecule has 0 spiro atoms. The molecule has 0 radical (unpaired) electrons. The van der Waals surface area contributed by atoms with E-state index in [0.29, 0.717) is 22.9 Å². The van der Waals surface area contributed by atoms with Crippen LogP contribution in [0.2, 0.25) is 5.02 Å². The summed E-state index contributed by atoms with van der Waals surface area (Å²) in [5, 5.41) is 3.39. The first-order valence-corrected chi connectivity index (χ1v) is 12.0. The van der Waals surface area contributed by atoms with Gasteiger partial charge in [0.25, 0.3) is 0 Å². The number of ether oxygens (including phenoxy) is 1. The second kappa shape index (κ2) is 10.2. The third kappa shape index (κ3) is 6.37. The summed E-state index contributed by atoms with van der Waals surface area (Å²) in [6.45, 7) is 7.96. The number of rotatable bonds is 9. The van der Waals surface area contributed by atoms with Crippen molar-refractivity contribution < 1.29 is 17.9 Å². The molecule has 0 aliphatic heterocycles. The Bertz CT molecular complexity index is 988. The van der Waals surface area contributed by atoms with E-state index >= 15 is 0 Å². The van der Waals surface area contributed by atoms with Crippen molar-refractivity contribution in [2.75, 3.05) is 23.7 Å². The SMILES string of the molecule is CC[C@@H](C(=O)NCCOc1ccc(C)c(Cl)c1)N(c1cc(C)cc(C)c1)S(C)(=O)=O. The first-order chi connectivity index (χ1) is 14.0. The van der Waals surface area contributed by atoms with Crippen molar-refractivity contribution in [1.82, 2.24) is 5.32 Å². The van der Waals surface area contributed by atoms with Crippen LogP contribution in [0.1, 0.15) is 30.0 Å². The number of carbonyl (C=O) groups is 1. The first kappa shape index (κ1) is 24.0. The van der Waals surface area contributed by atoms with Gasteiger partial charge in [0.2, 0.25) is 15.9 Å². The molecule has 6 nitrogen and oxygen atoms in total. The number of aryl methyl sites for hydroxylation is 3. The minimum Gasteiger partial charge on any atom is -0.492 e. The molecule has 1 atom stereocenters. The van der Waals surface area contributed by atoms with E-state index in [1.165, 1.54) is 4.31 Å². The Hall–Kier alpha value is -2.25. The van der Waals surface area contributed by atoms with Crippen molar-refractivity contribution in [2.45, 2.75) is 40.2 Å². The van der Waals surface area contributed by atoms with E-state index in [4.69, 9.17) is 16.3 Å². The minimum atomic E-state index is -3.66. The third-order valence-electron chi connectivity index (χ3n) is 4.60. The van der Waals surface area contributed by atoms with Gasteiger partial charge in [-0.25, -0.2) is 8.42 Å². The quantitative estimate of drug-likeness (QED) is 0.583. The molecule has 1 amide bonds. The lowest BCUT2D eigenvalue weighted by Crippen LogP contribution is -2.50. The molecule has 0 saturated carbocycles. The van der Waals surface area contributed by atoms with Crippen LogP contribution in [-0.4, -0.2) is 39.8 Å². The largest absolute Gasteiger partial charge is 0.492 e. The highest BCUT2D eigenvalue weighted by atomic mass is 35.5. The van der Waals surface area contributed by atoms with E-state index in [9.17, 15) is 13.2 Å². The molecule has 1 N–H and O–H groups in total. The van der Waals surface area contributed by atoms with Gasteiger partial charge in [0.15, 0.2) is 0 Å². The van der Waals surface area contributed by atoms with E-state index in [1.54, 1.807) is 25.1 Å². The van der Waals surface area contributed by atoms with Crippen LogP contribution < -0.4 is 14.4 Å². The van der Waals surface area contributed by atoms with Gasteiger partial charge in [-0.15, -0.1) is 0 Å². The predicted octanol–water partition coefficient (Wildman–Crippen LogP) is 4.01. The highest BCUT2D eigenvalue weighted by molar-refractivity contribution is 7.92. The Morgan fingerprint density at radius 3 is 2.30 bits per heavy atom. The molecule has 0 unspecified atom stereocenters. The van der Waals surface area contributed by atoms with Crippen molar-refractivity contribution >= 4 is 33.2 Å². The molecule has 2 aromatic rings. The van der Waals surface area contributed by atoms with Crippen molar-refractivity contribution in [3.63, 3.8) is 0 Å². The molecular formula is C22H29ClN2O4S. The van der Waals surface area contributed by atoms with Gasteiger partial charge in [-0.1, -0.05) is 30.7 Å². The van der Waals surface area contributed by atoms with Crippen LogP contribution in [0.4, 0.5) is 5.69 Å². The van der Waals surface area contributed by atoms with Crippen molar-refractivity contribution in [3.05, 3.63) is 58.1 Å². The Morgan fingerprint density at radius 2 is 1.77 bits per heavy atom. The van der Waals surface area contributed by atoms with Gasteiger partial charge < -0.3 is 10.1 Å². The van der Waals surface area contributed by atoms with E-state index in [-0.39, 0.29) is 19.1 Å². The number of anilines is 1. The normalized spacial score (nSPS) is 12.3. The van der Waals surface area contributed by atoms with Gasteiger partial charge in [-0.2, -0.15) is 0 Å². The zero-order chi connectivity index (χ0) is 22.5. The number of carbonyl (C=O) groups excluding carboxylic acids is 1. The fourth-order valence-corrected chi connectivity index (χ4v) is 4.63. The Kier molecular flexibility index (Phi) is 8.15. The van der Waals surface area contributed by atoms with Crippen LogP contribution in [0, 0.1) is 20.8 Å². The number of hydrogen-bond donors (Lipinski definition) is 1. The van der Waals surface area contributed by atoms with E-state index in [1.807, 2.05) is 39.0 Å². The molecule has 0 aromatic heterocycles. The van der Waals surface area contributed by atoms with Crippen LogP contribution in [0.15, 0.2) is 36.4 Å². The standard InChI is InChI=1S/C22H29ClN2O4S/c1-6-21(25(30(5,27)28)18-12-15(2)11-16(3)13-18)22(26)24-9-10-29-19-8-7-17(4)20(23)14-19/h7-8,11-14,21H,6,9-10H2,1-5H3,(H,24,26)/t21-/m0/s1. The van der Waals surface area contributed by atoms with Crippen LogP contribution in [-0.2, 0) is 14.8 Å². The third-order valence-corrected chi connectivity index (χ3v) is 6.19. The van der Waals surface area contributed by atoms with Gasteiger partial charge in [0, 0.05) is 5.02 Å². The second-order valence-corrected chi connectivity index (χ2v) is 9.65. The molecule has 0 aliphatic carbocycles. The van der Waals surface area contributed by atoms with Crippen LogP contribution in [0.25, 0.3) is 0 Å². The lowest BCUT2D eigenvalue weighted by molar-refractivity contribution is -0.122. The van der Waals surface area contributed by atoms with Gasteiger partial charge in [0.05, 0.1) is 18.5 Å². The summed E-state index contributed by atoms with van der Waals surface area (Å²) in [7, 11) is -3.66. The molecule has 164 valence electrons. The molecule has 0 bridgehead atoms. The fourth-order valence-electron chi connectivity index (χ4n) is 3.26. The number of nitrogens with zero attached hydrogens (tertiary/aromatic N) is 1. The summed E-state index contributed by atoms with van der Waals surface area (Å²) in [6.07, 6.45) is 1.45. The molecule has 2 aromatic carbocycles. The maximum Gasteiger partial charge on any atom is 0.244 e. The number of hydrogen-bond acceptors (Lipinski definition) is 4. The van der Waals surface area contributed by atoms with Crippen LogP contribution in [0.5, 0.6) is 5.75 Å². The number of nitrogens with one attached hydrogen (secondary N) is 1. The molecule has 0 aliphatic rings. The second-order valence-electron chi connectivity index (χ2n) is 7.38. The van der Waals surface area contributed by atoms with Crippen LogP contribution >= 0.6 is 11.6 Å². The summed E-state index contributed by atoms with van der Waals surface area (Å²) < 4.78 is 31.9. The average molecular weight is 453 g/mol. The molecule has 0 heterocycles. The summed E-state index contributed by atoms with van der Waals surface area (Å²) >= 11 is 6.08. The Labute approximate surface area is 184 Å². The van der Waals surface area contributed by atoms with Gasteiger partial charge >= 0.3 is 0 Å². The highest BCUT2D eigenvalue weighted by Crippen LogP contribution is 2.25. The molecule has 30 heavy (non-hydrogen) atoms. The predicted molar refractivity (Wildman–Crippen MR) is 122 cm³/mol. The van der Waals surface area contributed by atoms with Crippen molar-refractivity contribution in [1.29, 1.82) is 0 Å². The van der Waals surface area contributed by atoms with Crippen molar-refractivity contribution in [2.24, 2.45) is 0 Å². The van der Waals surface area contributed by atoms with Crippen molar-refractivity contribution in [3.8, 4) is 5.75 Å². The molecule has 2 rings (SSSR count). The summed E-state index contributed by atoms with van der Waals surface area (Å²) in [6, 6.07) is 10.0. The first-order valence-electron chi connectivity index (χ1n) is 9.77. The Balaban J connectivity index is 2.09. The zero-order valence-electron chi connectivity index (χ0n) is 18.0. The van der Waals surface area contributed by atoms with Gasteiger partial charge in [-0.05, 0) is 68.1 Å². The summed E-state index contributed by atoms with van der Waals surface area (Å²) in [5.41, 5.74) is 3.30. The molecular weight excluding hydrogens is 424 g/mol. The molecule has 0 fully saturated rings. The van der Waals surface area contributed by atoms with E-state index in [2.05, 4.69) is 5.32 Å². The molecule has 0 saturated heterocycles. The zero-order valence-corrected chi connectivity index (χ0v) is 19.6. The monoisotopic (exact) mass is 452 g/mol. The minimum absolute atomic E-state index is 0.240. The van der Waals surface area contributed by atoms with Gasteiger partial charge in [0.1, 0.15) is 18.4 Å². The lowest BCUT2D eigenvalue weighted by atomic mass is 10.1. The summed E-state index contributed by atoms with van der Waals surface area (Å²) in [5.74, 6) is 0.243. The lowest BCUT2D eigenvalue weighted by Gasteiger charge is -2.30. The Morgan fingerprint density at radius 1 is 1.13 bits per heavy atom. The smallest absolute Gasteiger partial charge is 0.244 e. The van der Waals surface area contributed by atoms with E-state index < -0.39 is 16.1 Å². The summed E-state index contributed by atoms with van der Waals surface area (Å²) in [4.78, 5) is 12.8. The topological polar surface area (TPSA) is 75.7 Å². The maximum atomic E-state index is 12.8.